The molecule has 0 amide bonds. The highest BCUT2D eigenvalue weighted by molar-refractivity contribution is 5.31. The molecule has 0 fully saturated rings. The molecule has 0 bridgehead atoms. The van der Waals surface area contributed by atoms with Crippen LogP contribution in [0.25, 0.3) is 5.78 Å². The Kier molecular flexibility index (Phi) is 1.82. The lowest BCUT2D eigenvalue weighted by atomic mass is 10.2. The van der Waals surface area contributed by atoms with Crippen molar-refractivity contribution in [2.24, 2.45) is 0 Å². The number of nitrogens with zero attached hydrogens (tertiary/aromatic N) is 3. The zero-order valence-electron chi connectivity index (χ0n) is 7.46. The quantitative estimate of drug-likeness (QED) is 0.709. The molecular weight excluding hydrogens is 213 g/mol. The lowest BCUT2D eigenvalue weighted by Gasteiger charge is -2.08. The molecule has 5 nitrogen and oxygen atoms in total. The van der Waals surface area contributed by atoms with E-state index in [2.05, 4.69) is 10.1 Å². The minimum Gasteiger partial charge on any atom is -0.319 e. The molecule has 1 N–H and O–H groups in total. The number of hydrogen-bond donors (Lipinski definition) is 1. The van der Waals surface area contributed by atoms with E-state index in [0.717, 1.165) is 17.8 Å². The van der Waals surface area contributed by atoms with E-state index in [-0.39, 0.29) is 5.78 Å². The Balaban J connectivity index is 2.88. The highest BCUT2D eigenvalue weighted by atomic mass is 19.4. The Morgan fingerprint density at radius 2 is 2.13 bits per heavy atom. The average Bonchev–Trinajstić information content (AvgIpc) is 2.57. The number of aromatic amines is 1. The van der Waals surface area contributed by atoms with Crippen molar-refractivity contribution in [1.29, 1.82) is 0 Å². The van der Waals surface area contributed by atoms with Crippen LogP contribution < -0.4 is 5.56 Å². The number of fused-ring (bicyclic) bond motifs is 1. The fraction of sp³-hybridized carbons (Fsp3) is 0.286. The summed E-state index contributed by atoms with van der Waals surface area (Å²) in [5.74, 6) is -0.224. The first-order valence-corrected chi connectivity index (χ1v) is 3.91. The van der Waals surface area contributed by atoms with Crippen LogP contribution in [0.5, 0.6) is 0 Å². The Hall–Kier alpha value is -1.86. The van der Waals surface area contributed by atoms with Gasteiger partial charge in [-0.15, -0.1) is 0 Å². The molecule has 0 atom stereocenters. The molecular formula is C7H5F3N4O. The fourth-order valence-electron chi connectivity index (χ4n) is 1.23. The van der Waals surface area contributed by atoms with Crippen molar-refractivity contribution in [3.63, 3.8) is 0 Å². The van der Waals surface area contributed by atoms with Gasteiger partial charge in [-0.2, -0.15) is 27.8 Å². The number of rotatable bonds is 0. The van der Waals surface area contributed by atoms with Crippen molar-refractivity contribution in [3.8, 4) is 0 Å². The van der Waals surface area contributed by atoms with E-state index in [9.17, 15) is 18.0 Å². The molecule has 0 unspecified atom stereocenters. The van der Waals surface area contributed by atoms with Gasteiger partial charge in [0.05, 0.1) is 0 Å². The molecule has 0 saturated heterocycles. The van der Waals surface area contributed by atoms with E-state index in [1.165, 1.54) is 0 Å². The molecule has 0 aliphatic carbocycles. The summed E-state index contributed by atoms with van der Waals surface area (Å²) in [6.07, 6.45) is -3.59. The Morgan fingerprint density at radius 3 is 2.73 bits per heavy atom. The first kappa shape index (κ1) is 9.69. The smallest absolute Gasteiger partial charge is 0.319 e. The molecule has 0 saturated carbocycles. The zero-order valence-corrected chi connectivity index (χ0v) is 7.46. The van der Waals surface area contributed by atoms with Crippen LogP contribution in [0.15, 0.2) is 11.1 Å². The van der Waals surface area contributed by atoms with E-state index >= 15 is 0 Å². The summed E-state index contributed by atoms with van der Waals surface area (Å²) in [7, 11) is 0. The van der Waals surface area contributed by atoms with E-state index in [4.69, 9.17) is 0 Å². The van der Waals surface area contributed by atoms with Crippen LogP contribution >= 0.6 is 0 Å². The van der Waals surface area contributed by atoms with Crippen LogP contribution in [-0.2, 0) is 6.18 Å². The highest BCUT2D eigenvalue weighted by Crippen LogP contribution is 2.28. The zero-order chi connectivity index (χ0) is 11.2. The SMILES string of the molecule is Cc1c(C(F)(F)F)[nH]c2ncnn2c1=O. The van der Waals surface area contributed by atoms with Crippen LogP contribution in [0, 0.1) is 6.92 Å². The second kappa shape index (κ2) is 2.81. The summed E-state index contributed by atoms with van der Waals surface area (Å²) in [5.41, 5.74) is -2.35. The van der Waals surface area contributed by atoms with Crippen LogP contribution in [-0.4, -0.2) is 19.6 Å². The van der Waals surface area contributed by atoms with Gasteiger partial charge in [-0.3, -0.25) is 4.79 Å². The number of H-pyrrole nitrogens is 1. The van der Waals surface area contributed by atoms with Crippen LogP contribution in [0.2, 0.25) is 0 Å². The molecule has 0 aliphatic heterocycles. The number of hydrogen-bond acceptors (Lipinski definition) is 3. The first-order valence-electron chi connectivity index (χ1n) is 3.91. The van der Waals surface area contributed by atoms with Crippen LogP contribution in [0.1, 0.15) is 11.3 Å². The maximum atomic E-state index is 12.4. The largest absolute Gasteiger partial charge is 0.431 e. The van der Waals surface area contributed by atoms with Crippen molar-refractivity contribution in [3.05, 3.63) is 27.9 Å². The topological polar surface area (TPSA) is 63.1 Å². The predicted octanol–water partition coefficient (Wildman–Crippen LogP) is 0.745. The summed E-state index contributed by atoms with van der Waals surface area (Å²) in [6.45, 7) is 1.09. The molecule has 0 aromatic carbocycles. The Morgan fingerprint density at radius 1 is 1.47 bits per heavy atom. The molecule has 2 heterocycles. The molecule has 2 rings (SSSR count). The van der Waals surface area contributed by atoms with Gasteiger partial charge in [-0.05, 0) is 6.92 Å². The van der Waals surface area contributed by atoms with E-state index < -0.39 is 23.0 Å². The van der Waals surface area contributed by atoms with E-state index in [0.29, 0.717) is 0 Å². The van der Waals surface area contributed by atoms with Crippen LogP contribution in [0.3, 0.4) is 0 Å². The fourth-order valence-corrected chi connectivity index (χ4v) is 1.23. The number of nitrogens with one attached hydrogen (secondary N) is 1. The molecule has 2 aromatic heterocycles. The van der Waals surface area contributed by atoms with Crippen molar-refractivity contribution >= 4 is 5.78 Å². The Labute approximate surface area is 80.6 Å². The lowest BCUT2D eigenvalue weighted by molar-refractivity contribution is -0.141. The van der Waals surface area contributed by atoms with Crippen molar-refractivity contribution in [2.45, 2.75) is 13.1 Å². The first-order chi connectivity index (χ1) is 6.91. The molecule has 80 valence electrons. The standard InChI is InChI=1S/C7H5F3N4O/c1-3-4(7(8,9)10)13-6-11-2-12-14(6)5(3)15/h2H,1H3,(H,11,12,13). The highest BCUT2D eigenvalue weighted by Gasteiger charge is 2.35. The third kappa shape index (κ3) is 1.37. The molecule has 0 aliphatic rings. The summed E-state index contributed by atoms with van der Waals surface area (Å²) in [4.78, 5) is 16.9. The third-order valence-electron chi connectivity index (χ3n) is 1.96. The summed E-state index contributed by atoms with van der Waals surface area (Å²) < 4.78 is 38.1. The maximum Gasteiger partial charge on any atom is 0.431 e. The van der Waals surface area contributed by atoms with Crippen molar-refractivity contribution in [1.82, 2.24) is 19.6 Å². The summed E-state index contributed by atoms with van der Waals surface area (Å²) in [5, 5.41) is 3.50. The number of halogens is 3. The molecule has 0 radical (unpaired) electrons. The van der Waals surface area contributed by atoms with Gasteiger partial charge in [-0.25, -0.2) is 0 Å². The second-order valence-electron chi connectivity index (χ2n) is 2.92. The van der Waals surface area contributed by atoms with Gasteiger partial charge < -0.3 is 4.98 Å². The maximum absolute atomic E-state index is 12.4. The summed E-state index contributed by atoms with van der Waals surface area (Å²) in [6, 6.07) is 0. The minimum atomic E-state index is -4.60. The molecule has 2 aromatic rings. The minimum absolute atomic E-state index is 0.224. The van der Waals surface area contributed by atoms with Gasteiger partial charge in [0.25, 0.3) is 5.56 Å². The van der Waals surface area contributed by atoms with E-state index in [1.54, 1.807) is 0 Å². The molecule has 8 heteroatoms. The third-order valence-corrected chi connectivity index (χ3v) is 1.96. The monoisotopic (exact) mass is 218 g/mol. The molecule has 15 heavy (non-hydrogen) atoms. The second-order valence-corrected chi connectivity index (χ2v) is 2.92. The number of alkyl halides is 3. The summed E-state index contributed by atoms with van der Waals surface area (Å²) >= 11 is 0. The van der Waals surface area contributed by atoms with E-state index in [1.807, 2.05) is 4.98 Å². The lowest BCUT2D eigenvalue weighted by Crippen LogP contribution is -2.24. The van der Waals surface area contributed by atoms with Gasteiger partial charge in [-0.1, -0.05) is 0 Å². The predicted molar refractivity (Wildman–Crippen MR) is 43.3 cm³/mol. The van der Waals surface area contributed by atoms with Gasteiger partial charge in [0, 0.05) is 5.56 Å². The van der Waals surface area contributed by atoms with Crippen molar-refractivity contribution < 1.29 is 13.2 Å². The van der Waals surface area contributed by atoms with Gasteiger partial charge in [0.2, 0.25) is 5.78 Å². The van der Waals surface area contributed by atoms with Gasteiger partial charge >= 0.3 is 6.18 Å². The van der Waals surface area contributed by atoms with Crippen molar-refractivity contribution in [2.75, 3.05) is 0 Å². The normalized spacial score (nSPS) is 12.3. The van der Waals surface area contributed by atoms with Gasteiger partial charge in [0.15, 0.2) is 0 Å². The average molecular weight is 218 g/mol. The van der Waals surface area contributed by atoms with Crippen LogP contribution in [0.4, 0.5) is 13.2 Å². The van der Waals surface area contributed by atoms with Gasteiger partial charge in [0.1, 0.15) is 12.0 Å². The number of aromatic nitrogens is 4. The Bertz CT molecular complexity index is 568. The molecule has 0 spiro atoms.